The number of carbonyl (C=O) groups is 2. The van der Waals surface area contributed by atoms with E-state index in [1.807, 2.05) is 0 Å². The second-order valence-corrected chi connectivity index (χ2v) is 8.20. The lowest BCUT2D eigenvalue weighted by Gasteiger charge is -2.01. The van der Waals surface area contributed by atoms with Crippen molar-refractivity contribution in [2.75, 3.05) is 18.1 Å². The highest BCUT2D eigenvalue weighted by Gasteiger charge is 2.16. The van der Waals surface area contributed by atoms with Crippen LogP contribution >= 0.6 is 22.5 Å². The van der Waals surface area contributed by atoms with Gasteiger partial charge in [0.2, 0.25) is 0 Å². The van der Waals surface area contributed by atoms with Crippen molar-refractivity contribution in [3.63, 3.8) is 0 Å². The predicted molar refractivity (Wildman–Crippen MR) is 64.6 cm³/mol. The summed E-state index contributed by atoms with van der Waals surface area (Å²) in [4.78, 5) is 21.1. The first-order chi connectivity index (χ1) is 7.06. The number of hydrogen-bond acceptors (Lipinski definition) is 6. The Kier molecular flexibility index (Phi) is 9.23. The monoisotopic (exact) mass is 270 g/mol. The minimum atomic E-state index is -1.06. The summed E-state index contributed by atoms with van der Waals surface area (Å²) >= 11 is 4.21. The molecule has 4 nitrogen and oxygen atoms in total. The van der Waals surface area contributed by atoms with E-state index in [0.29, 0.717) is 24.5 Å². The molecule has 0 saturated heterocycles. The Hall–Kier alpha value is -0.0100. The van der Waals surface area contributed by atoms with Crippen LogP contribution in [0.5, 0.6) is 0 Å². The molecule has 0 saturated carbocycles. The fourth-order valence-corrected chi connectivity index (χ4v) is 3.96. The first-order valence-corrected chi connectivity index (χ1v) is 8.39. The Bertz CT molecular complexity index is 210. The number of ether oxygens (including phenoxy) is 1. The maximum absolute atomic E-state index is 10.9. The number of aliphatic carboxylic acids is 1. The average Bonchev–Trinajstić information content (AvgIpc) is 2.15. The van der Waals surface area contributed by atoms with Crippen molar-refractivity contribution in [1.82, 2.24) is 0 Å². The summed E-state index contributed by atoms with van der Waals surface area (Å²) in [5.41, 5.74) is 0. The number of carbonyl (C=O) groups excluding carboxylic acids is 2. The van der Waals surface area contributed by atoms with Crippen molar-refractivity contribution in [2.45, 2.75) is 19.8 Å². The lowest BCUT2D eigenvalue weighted by Crippen LogP contribution is -2.23. The molecule has 0 aliphatic carbocycles. The van der Waals surface area contributed by atoms with Crippen molar-refractivity contribution in [3.8, 4) is 0 Å². The van der Waals surface area contributed by atoms with Gasteiger partial charge in [-0.15, -0.1) is 0 Å². The summed E-state index contributed by atoms with van der Waals surface area (Å²) < 4.78 is 4.74. The molecular weight excluding hydrogens is 256 g/mol. The Labute approximate surface area is 101 Å². The summed E-state index contributed by atoms with van der Waals surface area (Å²) in [6.07, 6.45) is 0.354. The number of hydrogen-bond donors (Lipinski definition) is 1. The fourth-order valence-electron chi connectivity index (χ4n) is 0.684. The number of carboxylic acids is 1. The van der Waals surface area contributed by atoms with Crippen LogP contribution in [-0.2, 0) is 23.3 Å². The molecule has 0 aliphatic heterocycles. The molecule has 1 atom stereocenters. The Morgan fingerprint density at radius 2 is 2.13 bits per heavy atom. The van der Waals surface area contributed by atoms with E-state index in [1.54, 1.807) is 6.92 Å². The van der Waals surface area contributed by atoms with Crippen LogP contribution in [-0.4, -0.2) is 30.1 Å². The van der Waals surface area contributed by atoms with Gasteiger partial charge in [0.05, 0.1) is 30.4 Å². The number of rotatable bonds is 8. The summed E-state index contributed by atoms with van der Waals surface area (Å²) in [6.45, 7) is 2.15. The first kappa shape index (κ1) is 15.0. The van der Waals surface area contributed by atoms with Gasteiger partial charge in [-0.3, -0.25) is 4.79 Å². The smallest absolute Gasteiger partial charge is 0.306 e. The molecule has 7 heteroatoms. The van der Waals surface area contributed by atoms with Gasteiger partial charge < -0.3 is 14.6 Å². The van der Waals surface area contributed by atoms with Crippen LogP contribution in [0.25, 0.3) is 0 Å². The molecule has 0 heterocycles. The molecule has 0 aromatic rings. The van der Waals surface area contributed by atoms with Crippen LogP contribution in [0, 0.1) is 0 Å². The van der Waals surface area contributed by atoms with E-state index in [9.17, 15) is 14.7 Å². The molecule has 0 rings (SSSR count). The van der Waals surface area contributed by atoms with Crippen molar-refractivity contribution in [3.05, 3.63) is 0 Å². The summed E-state index contributed by atoms with van der Waals surface area (Å²) in [6, 6.07) is 0. The molecule has 0 aliphatic rings. The van der Waals surface area contributed by atoms with Gasteiger partial charge in [0, 0.05) is 12.4 Å². The molecule has 0 N–H and O–H groups in total. The third-order valence-electron chi connectivity index (χ3n) is 1.31. The van der Waals surface area contributed by atoms with E-state index in [2.05, 4.69) is 11.7 Å². The van der Waals surface area contributed by atoms with Crippen molar-refractivity contribution < 1.29 is 19.4 Å². The Balaban J connectivity index is 3.41. The highest BCUT2D eigenvalue weighted by Crippen LogP contribution is 2.22. The van der Waals surface area contributed by atoms with E-state index in [1.165, 1.54) is 10.8 Å². The Morgan fingerprint density at radius 1 is 1.47 bits per heavy atom. The minimum Gasteiger partial charge on any atom is -0.550 e. The van der Waals surface area contributed by atoms with Gasteiger partial charge in [-0.2, -0.15) is 0 Å². The van der Waals surface area contributed by atoms with E-state index < -0.39 is 5.97 Å². The van der Waals surface area contributed by atoms with Gasteiger partial charge >= 0.3 is 5.97 Å². The third-order valence-corrected chi connectivity index (χ3v) is 5.82. The largest absolute Gasteiger partial charge is 0.550 e. The highest BCUT2D eigenvalue weighted by atomic mass is 33.5. The summed E-state index contributed by atoms with van der Waals surface area (Å²) in [7, 11) is 1.14. The lowest BCUT2D eigenvalue weighted by molar-refractivity contribution is -0.305. The van der Waals surface area contributed by atoms with Crippen LogP contribution in [0.2, 0.25) is 0 Å². The maximum Gasteiger partial charge on any atom is 0.306 e. The number of carboxylic acid groups (broad SMARTS) is 1. The van der Waals surface area contributed by atoms with Crippen LogP contribution in [0.4, 0.5) is 0 Å². The van der Waals surface area contributed by atoms with Crippen LogP contribution < -0.4 is 5.11 Å². The first-order valence-electron chi connectivity index (χ1n) is 4.45. The number of esters is 1. The molecule has 0 aromatic carbocycles. The Morgan fingerprint density at radius 3 is 2.67 bits per heavy atom. The van der Waals surface area contributed by atoms with Crippen molar-refractivity contribution in [2.24, 2.45) is 0 Å². The molecule has 0 radical (unpaired) electrons. The van der Waals surface area contributed by atoms with Crippen LogP contribution in [0.1, 0.15) is 19.8 Å². The number of thiol groups is 1. The summed E-state index contributed by atoms with van der Waals surface area (Å²) in [5, 5.41) is 10.1. The molecule has 0 fully saturated rings. The zero-order chi connectivity index (χ0) is 11.7. The highest BCUT2D eigenvalue weighted by molar-refractivity contribution is 9.02. The molecule has 0 bridgehead atoms. The second-order valence-electron chi connectivity index (χ2n) is 2.52. The van der Waals surface area contributed by atoms with Gasteiger partial charge in [-0.05, 0) is 6.92 Å². The molecule has 15 heavy (non-hydrogen) atoms. The molecule has 0 aromatic heterocycles. The normalized spacial score (nSPS) is 12.1. The SMILES string of the molecule is CCOC(=O)CCS[S+](S)CCC(=O)[O-]. The van der Waals surface area contributed by atoms with Gasteiger partial charge in [0.15, 0.2) is 0 Å². The molecular formula is C8H14O4S3. The average molecular weight is 270 g/mol. The third kappa shape index (κ3) is 10.3. The zero-order valence-electron chi connectivity index (χ0n) is 8.43. The zero-order valence-corrected chi connectivity index (χ0v) is 11.0. The molecule has 0 amide bonds. The van der Waals surface area contributed by atoms with Crippen molar-refractivity contribution >= 4 is 43.4 Å². The van der Waals surface area contributed by atoms with E-state index in [4.69, 9.17) is 4.74 Å². The van der Waals surface area contributed by atoms with Crippen LogP contribution in [0.3, 0.4) is 0 Å². The standard InChI is InChI=1S/C8H14O4S3/c1-2-12-8(11)3-5-14-15(13)6-4-7(9)10/h13H,2-6H2,1H3. The second kappa shape index (κ2) is 9.23. The van der Waals surface area contributed by atoms with Gasteiger partial charge in [-0.1, -0.05) is 0 Å². The maximum atomic E-state index is 10.9. The molecule has 88 valence electrons. The van der Waals surface area contributed by atoms with Gasteiger partial charge in [-0.25, -0.2) is 0 Å². The van der Waals surface area contributed by atoms with Crippen LogP contribution in [0.15, 0.2) is 0 Å². The lowest BCUT2D eigenvalue weighted by atomic mass is 10.5. The molecule has 1 unspecified atom stereocenters. The van der Waals surface area contributed by atoms with E-state index >= 15 is 0 Å². The fraction of sp³-hybridized carbons (Fsp3) is 0.750. The summed E-state index contributed by atoms with van der Waals surface area (Å²) in [5.74, 6) is -0.208. The molecule has 0 spiro atoms. The van der Waals surface area contributed by atoms with Gasteiger partial charge in [0.25, 0.3) is 0 Å². The minimum absolute atomic E-state index is 0.0129. The quantitative estimate of drug-likeness (QED) is 0.295. The van der Waals surface area contributed by atoms with E-state index in [-0.39, 0.29) is 21.3 Å². The topological polar surface area (TPSA) is 66.4 Å². The van der Waals surface area contributed by atoms with E-state index in [0.717, 1.165) is 0 Å². The van der Waals surface area contributed by atoms with Crippen molar-refractivity contribution in [1.29, 1.82) is 0 Å². The predicted octanol–water partition coefficient (Wildman–Crippen LogP) is 0.191. The van der Waals surface area contributed by atoms with Gasteiger partial charge in [0.1, 0.15) is 25.5 Å².